The van der Waals surface area contributed by atoms with E-state index in [-0.39, 0.29) is 41.8 Å². The Morgan fingerprint density at radius 2 is 1.84 bits per heavy atom. The van der Waals surface area contributed by atoms with E-state index in [1.54, 1.807) is 44.0 Å². The number of nitrogens with two attached hydrogens (primary N) is 1. The highest BCUT2D eigenvalue weighted by Crippen LogP contribution is 2.41. The highest BCUT2D eigenvalue weighted by molar-refractivity contribution is 6.36. The van der Waals surface area contributed by atoms with Crippen LogP contribution in [0, 0.1) is 5.82 Å². The number of primary amides is 1. The highest BCUT2D eigenvalue weighted by Gasteiger charge is 2.45. The Morgan fingerprint density at radius 1 is 1.12 bits per heavy atom. The third-order valence-corrected chi connectivity index (χ3v) is 10.7. The number of amides is 2. The van der Waals surface area contributed by atoms with Crippen LogP contribution in [0.2, 0.25) is 5.02 Å². The van der Waals surface area contributed by atoms with Crippen molar-refractivity contribution in [2.75, 3.05) is 38.2 Å². The Bertz CT molecular complexity index is 1950. The van der Waals surface area contributed by atoms with Gasteiger partial charge < -0.3 is 25.0 Å². The van der Waals surface area contributed by atoms with Gasteiger partial charge in [-0.05, 0) is 77.4 Å². The van der Waals surface area contributed by atoms with E-state index in [4.69, 9.17) is 31.8 Å². The highest BCUT2D eigenvalue weighted by atomic mass is 35.5. The van der Waals surface area contributed by atoms with Crippen molar-refractivity contribution in [2.24, 2.45) is 5.73 Å². The first kappa shape index (κ1) is 34.2. The van der Waals surface area contributed by atoms with Gasteiger partial charge in [0.15, 0.2) is 5.82 Å². The fourth-order valence-electron chi connectivity index (χ4n) is 8.01. The molecule has 3 aliphatic rings. The lowest BCUT2D eigenvalue weighted by molar-refractivity contribution is -0.118. The summed E-state index contributed by atoms with van der Waals surface area (Å²) in [4.78, 5) is 45.4. The van der Waals surface area contributed by atoms with Crippen LogP contribution in [0.3, 0.4) is 0 Å². The molecule has 11 nitrogen and oxygen atoms in total. The lowest BCUT2D eigenvalue weighted by Crippen LogP contribution is -2.43. The standard InChI is InChI=1S/C37H43ClFN7O4/c1-36(2,3)50-35(48)46-20-24(17-23(46)18-28(40)47)44(4)33-26-19-41-31(25-11-5-9-22-10-6-12-27(38)29(22)25)30(39)32(26)42-34(43-33)49-21-37-13-7-15-45(37)16-8-14-37/h5-6,9-12,19,23-24H,7-8,13-18,20-21H2,1-4H3,(H2,40,47)/t23-,24-/m1/s1. The minimum atomic E-state index is -0.726. The largest absolute Gasteiger partial charge is 0.461 e. The zero-order chi connectivity index (χ0) is 35.4. The van der Waals surface area contributed by atoms with Crippen LogP contribution in [0.15, 0.2) is 42.6 Å². The number of halogens is 2. The number of likely N-dealkylation sites (tertiary alicyclic amines) is 1. The average molecular weight is 704 g/mol. The Labute approximate surface area is 295 Å². The number of hydrogen-bond acceptors (Lipinski definition) is 9. The molecule has 50 heavy (non-hydrogen) atoms. The number of hydrogen-bond donors (Lipinski definition) is 1. The second-order valence-corrected chi connectivity index (χ2v) is 15.2. The van der Waals surface area contributed by atoms with Crippen LogP contribution in [0.5, 0.6) is 6.01 Å². The maximum absolute atomic E-state index is 16.9. The Morgan fingerprint density at radius 3 is 2.54 bits per heavy atom. The summed E-state index contributed by atoms with van der Waals surface area (Å²) in [6.45, 7) is 8.09. The number of pyridine rings is 1. The Balaban J connectivity index is 1.30. The summed E-state index contributed by atoms with van der Waals surface area (Å²) in [6.07, 6.45) is 5.72. The van der Waals surface area contributed by atoms with Gasteiger partial charge in [-0.25, -0.2) is 9.18 Å². The summed E-state index contributed by atoms with van der Waals surface area (Å²) >= 11 is 6.63. The molecule has 3 aliphatic heterocycles. The van der Waals surface area contributed by atoms with E-state index >= 15 is 4.39 Å². The summed E-state index contributed by atoms with van der Waals surface area (Å²) in [6, 6.07) is 10.4. The van der Waals surface area contributed by atoms with E-state index in [2.05, 4.69) is 14.9 Å². The van der Waals surface area contributed by atoms with E-state index in [0.717, 1.165) is 44.2 Å². The third kappa shape index (κ3) is 6.39. The molecule has 7 rings (SSSR count). The first-order valence-electron chi connectivity index (χ1n) is 17.3. The normalized spacial score (nSPS) is 20.4. The first-order chi connectivity index (χ1) is 23.8. The van der Waals surface area contributed by atoms with Crippen molar-refractivity contribution in [3.8, 4) is 17.3 Å². The fraction of sp³-hybridized carbons (Fsp3) is 0.486. The van der Waals surface area contributed by atoms with Crippen molar-refractivity contribution in [2.45, 2.75) is 82.5 Å². The Kier molecular flexibility index (Phi) is 8.96. The second-order valence-electron chi connectivity index (χ2n) is 14.8. The minimum Gasteiger partial charge on any atom is -0.461 e. The molecule has 3 saturated heterocycles. The number of ether oxygens (including phenoxy) is 2. The number of likely N-dealkylation sites (N-methyl/N-ethyl adjacent to an activating group) is 1. The van der Waals surface area contributed by atoms with Crippen LogP contribution in [0.1, 0.15) is 59.3 Å². The van der Waals surface area contributed by atoms with Crippen LogP contribution in [0.4, 0.5) is 15.0 Å². The summed E-state index contributed by atoms with van der Waals surface area (Å²) < 4.78 is 29.0. The summed E-state index contributed by atoms with van der Waals surface area (Å²) in [5, 5.41) is 2.43. The van der Waals surface area contributed by atoms with Crippen LogP contribution in [0.25, 0.3) is 32.9 Å². The number of anilines is 1. The monoisotopic (exact) mass is 703 g/mol. The van der Waals surface area contributed by atoms with Gasteiger partial charge in [0.2, 0.25) is 5.91 Å². The predicted octanol–water partition coefficient (Wildman–Crippen LogP) is 6.33. The van der Waals surface area contributed by atoms with Crippen LogP contribution in [-0.4, -0.2) is 93.3 Å². The quantitative estimate of drug-likeness (QED) is 0.224. The van der Waals surface area contributed by atoms with Crippen LogP contribution in [-0.2, 0) is 9.53 Å². The van der Waals surface area contributed by atoms with Gasteiger partial charge in [0.1, 0.15) is 29.2 Å². The minimum absolute atomic E-state index is 0.0197. The molecule has 13 heteroatoms. The molecular weight excluding hydrogens is 661 g/mol. The zero-order valence-corrected chi connectivity index (χ0v) is 29.7. The van der Waals surface area contributed by atoms with Gasteiger partial charge in [0.25, 0.3) is 0 Å². The second kappa shape index (κ2) is 13.1. The molecule has 0 unspecified atom stereocenters. The molecular formula is C37H43ClFN7O4. The van der Waals surface area contributed by atoms with Gasteiger partial charge >= 0.3 is 12.1 Å². The number of nitrogens with zero attached hydrogens (tertiary/aromatic N) is 6. The van der Waals surface area contributed by atoms with E-state index in [1.807, 2.05) is 36.2 Å². The summed E-state index contributed by atoms with van der Waals surface area (Å²) in [7, 11) is 1.83. The van der Waals surface area contributed by atoms with E-state index < -0.39 is 29.5 Å². The number of benzene rings is 2. The first-order valence-corrected chi connectivity index (χ1v) is 17.6. The molecule has 0 radical (unpaired) electrons. The van der Waals surface area contributed by atoms with E-state index in [1.165, 1.54) is 0 Å². The molecule has 0 spiro atoms. The molecule has 2 amide bonds. The molecule has 2 N–H and O–H groups in total. The Hall–Kier alpha value is -4.29. The number of carbonyl (C=O) groups is 2. The predicted molar refractivity (Wildman–Crippen MR) is 191 cm³/mol. The lowest BCUT2D eigenvalue weighted by atomic mass is 9.95. The zero-order valence-electron chi connectivity index (χ0n) is 28.9. The molecule has 5 heterocycles. The van der Waals surface area contributed by atoms with Gasteiger partial charge in [-0.1, -0.05) is 41.9 Å². The molecule has 264 valence electrons. The maximum atomic E-state index is 16.9. The third-order valence-electron chi connectivity index (χ3n) is 10.4. The molecule has 2 aromatic carbocycles. The fourth-order valence-corrected chi connectivity index (χ4v) is 8.29. The number of aromatic nitrogens is 3. The van der Waals surface area contributed by atoms with Gasteiger partial charge in [-0.2, -0.15) is 9.97 Å². The van der Waals surface area contributed by atoms with E-state index in [0.29, 0.717) is 40.2 Å². The number of fused-ring (bicyclic) bond motifs is 3. The number of rotatable bonds is 8. The SMILES string of the molecule is CN(c1nc(OCC23CCCN2CCC3)nc2c(F)c(-c3cccc4cccc(Cl)c34)ncc12)[C@@H]1C[C@H](CC(N)=O)N(C(=O)OC(C)(C)C)C1. The molecule has 2 aromatic heterocycles. The lowest BCUT2D eigenvalue weighted by Gasteiger charge is -2.31. The summed E-state index contributed by atoms with van der Waals surface area (Å²) in [5.74, 6) is -0.735. The molecule has 2 atom stereocenters. The van der Waals surface area contributed by atoms with Crippen molar-refractivity contribution < 1.29 is 23.5 Å². The van der Waals surface area contributed by atoms with Crippen molar-refractivity contribution in [1.29, 1.82) is 0 Å². The van der Waals surface area contributed by atoms with Crippen molar-refractivity contribution in [3.63, 3.8) is 0 Å². The van der Waals surface area contributed by atoms with Crippen LogP contribution < -0.4 is 15.4 Å². The summed E-state index contributed by atoms with van der Waals surface area (Å²) in [5.41, 5.74) is 5.53. The molecule has 0 bridgehead atoms. The van der Waals surface area contributed by atoms with Gasteiger partial charge in [0.05, 0.1) is 10.9 Å². The smallest absolute Gasteiger partial charge is 0.410 e. The maximum Gasteiger partial charge on any atom is 0.410 e. The molecule has 0 aliphatic carbocycles. The van der Waals surface area contributed by atoms with Crippen molar-refractivity contribution in [3.05, 3.63) is 53.4 Å². The van der Waals surface area contributed by atoms with Crippen molar-refractivity contribution >= 4 is 51.1 Å². The van der Waals surface area contributed by atoms with Gasteiger partial charge in [-0.3, -0.25) is 14.7 Å². The number of carbonyl (C=O) groups excluding carboxylic acids is 2. The van der Waals surface area contributed by atoms with Crippen molar-refractivity contribution in [1.82, 2.24) is 24.8 Å². The molecule has 3 fully saturated rings. The van der Waals surface area contributed by atoms with Crippen LogP contribution >= 0.6 is 11.6 Å². The van der Waals surface area contributed by atoms with Gasteiger partial charge in [-0.15, -0.1) is 0 Å². The molecule has 0 saturated carbocycles. The average Bonchev–Trinajstić information content (AvgIpc) is 3.77. The van der Waals surface area contributed by atoms with Gasteiger partial charge in [0, 0.05) is 54.3 Å². The topological polar surface area (TPSA) is 127 Å². The van der Waals surface area contributed by atoms with E-state index in [9.17, 15) is 9.59 Å². The molecule has 4 aromatic rings.